The number of nitrogens with two attached hydrogens (primary N) is 1. The van der Waals surface area contributed by atoms with Gasteiger partial charge in [0.15, 0.2) is 0 Å². The largest absolute Gasteiger partial charge is 0.398 e. The van der Waals surface area contributed by atoms with Crippen LogP contribution in [0.25, 0.3) is 0 Å². The normalized spacial score (nSPS) is 10.2. The molecule has 0 unspecified atom stereocenters. The Hall–Kier alpha value is -1.84. The molecule has 13 heavy (non-hydrogen) atoms. The first kappa shape index (κ1) is 9.25. The minimum Gasteiger partial charge on any atom is -0.398 e. The van der Waals surface area contributed by atoms with Crippen LogP contribution in [0, 0.1) is 12.3 Å². The molecule has 0 amide bonds. The average molecular weight is 176 g/mol. The zero-order valence-electron chi connectivity index (χ0n) is 7.41. The lowest BCUT2D eigenvalue weighted by Gasteiger charge is -2.06. The Morgan fingerprint density at radius 1 is 1.54 bits per heavy atom. The van der Waals surface area contributed by atoms with Gasteiger partial charge in [0.1, 0.15) is 0 Å². The van der Waals surface area contributed by atoms with E-state index in [1.807, 2.05) is 25.1 Å². The van der Waals surface area contributed by atoms with E-state index >= 15 is 0 Å². The van der Waals surface area contributed by atoms with Crippen molar-refractivity contribution in [3.63, 3.8) is 0 Å². The lowest BCUT2D eigenvalue weighted by molar-refractivity contribution is 1.32. The van der Waals surface area contributed by atoms with Crippen molar-refractivity contribution in [2.75, 3.05) is 11.2 Å². The van der Waals surface area contributed by atoms with Crippen molar-refractivity contribution in [1.29, 1.82) is 5.41 Å². The van der Waals surface area contributed by atoms with Crippen LogP contribution in [-0.2, 0) is 0 Å². The Kier molecular flexibility index (Phi) is 3.03. The minimum absolute atomic E-state index is 0.732. The summed E-state index contributed by atoms with van der Waals surface area (Å²) in [4.78, 5) is 0. The highest BCUT2D eigenvalue weighted by molar-refractivity contribution is 6.14. The first-order valence-corrected chi connectivity index (χ1v) is 3.89. The van der Waals surface area contributed by atoms with Crippen LogP contribution in [-0.4, -0.2) is 12.4 Å². The molecule has 0 aliphatic heterocycles. The van der Waals surface area contributed by atoms with Gasteiger partial charge < -0.3 is 11.1 Å². The van der Waals surface area contributed by atoms with Crippen molar-refractivity contribution in [1.82, 2.24) is 0 Å². The Morgan fingerprint density at radius 3 is 3.00 bits per heavy atom. The van der Waals surface area contributed by atoms with E-state index in [1.165, 1.54) is 6.21 Å². The predicted octanol–water partition coefficient (Wildman–Crippen LogP) is 1.62. The fraction of sp³-hybridized carbons (Fsp3) is 0.111. The zero-order valence-corrected chi connectivity index (χ0v) is 7.41. The predicted molar refractivity (Wildman–Crippen MR) is 56.5 cm³/mol. The molecule has 0 saturated heterocycles. The highest BCUT2D eigenvalue weighted by Gasteiger charge is 1.97. The second-order valence-electron chi connectivity index (χ2n) is 2.58. The van der Waals surface area contributed by atoms with Gasteiger partial charge in [-0.15, -0.1) is 0 Å². The monoisotopic (exact) mass is 176 g/mol. The van der Waals surface area contributed by atoms with Gasteiger partial charge in [-0.3, -0.25) is 5.43 Å². The quantitative estimate of drug-likeness (QED) is 0.372. The molecule has 1 aromatic rings. The second kappa shape index (κ2) is 4.25. The number of nitrogens with zero attached hydrogens (tertiary/aromatic N) is 1. The molecule has 0 aliphatic rings. The van der Waals surface area contributed by atoms with E-state index in [-0.39, 0.29) is 0 Å². The Morgan fingerprint density at radius 2 is 2.31 bits per heavy atom. The summed E-state index contributed by atoms with van der Waals surface area (Å²) in [7, 11) is 0. The van der Waals surface area contributed by atoms with Crippen molar-refractivity contribution >= 4 is 23.8 Å². The molecule has 0 atom stereocenters. The summed E-state index contributed by atoms with van der Waals surface area (Å²) >= 11 is 0. The number of rotatable bonds is 3. The Labute approximate surface area is 77.0 Å². The van der Waals surface area contributed by atoms with Crippen LogP contribution in [0.4, 0.5) is 11.4 Å². The van der Waals surface area contributed by atoms with E-state index < -0.39 is 0 Å². The lowest BCUT2D eigenvalue weighted by atomic mass is 10.2. The van der Waals surface area contributed by atoms with Gasteiger partial charge in [-0.25, -0.2) is 0 Å². The number of nitrogen functional groups attached to an aromatic ring is 1. The van der Waals surface area contributed by atoms with E-state index in [0.717, 1.165) is 23.2 Å². The van der Waals surface area contributed by atoms with Crippen molar-refractivity contribution in [2.24, 2.45) is 5.10 Å². The third-order valence-electron chi connectivity index (χ3n) is 1.71. The van der Waals surface area contributed by atoms with Crippen LogP contribution in [0.1, 0.15) is 5.56 Å². The Balaban J connectivity index is 2.82. The summed E-state index contributed by atoms with van der Waals surface area (Å²) in [5, 5.41) is 10.5. The Bertz CT molecular complexity index is 330. The molecule has 0 heterocycles. The number of hydrogen-bond acceptors (Lipinski definition) is 4. The van der Waals surface area contributed by atoms with Crippen LogP contribution in [0.2, 0.25) is 0 Å². The summed E-state index contributed by atoms with van der Waals surface area (Å²) in [5.74, 6) is 0. The smallest absolute Gasteiger partial charge is 0.0648 e. The average Bonchev–Trinajstić information content (AvgIpc) is 2.13. The van der Waals surface area contributed by atoms with Crippen molar-refractivity contribution in [3.8, 4) is 0 Å². The molecule has 0 fully saturated rings. The molecule has 4 nitrogen and oxygen atoms in total. The fourth-order valence-corrected chi connectivity index (χ4v) is 0.919. The van der Waals surface area contributed by atoms with E-state index in [9.17, 15) is 0 Å². The molecule has 1 rings (SSSR count). The highest BCUT2D eigenvalue weighted by atomic mass is 15.3. The molecule has 0 radical (unpaired) electrons. The van der Waals surface area contributed by atoms with Crippen LogP contribution in [0.5, 0.6) is 0 Å². The molecule has 0 saturated carbocycles. The molecule has 0 aliphatic carbocycles. The van der Waals surface area contributed by atoms with Crippen molar-refractivity contribution in [3.05, 3.63) is 23.8 Å². The standard InChI is InChI=1S/C9H12N4/c1-7-8(11)3-2-4-9(7)13-12-6-5-10/h2-6,10,13H,11H2,1H3. The van der Waals surface area contributed by atoms with Gasteiger partial charge in [0, 0.05) is 11.9 Å². The highest BCUT2D eigenvalue weighted by Crippen LogP contribution is 2.19. The minimum atomic E-state index is 0.732. The number of nitrogens with one attached hydrogen (secondary N) is 2. The lowest BCUT2D eigenvalue weighted by Crippen LogP contribution is -1.96. The number of hydrogen-bond donors (Lipinski definition) is 3. The fourth-order valence-electron chi connectivity index (χ4n) is 0.919. The number of anilines is 2. The molecular formula is C9H12N4. The maximum atomic E-state index is 6.73. The van der Waals surface area contributed by atoms with E-state index in [1.54, 1.807) is 0 Å². The third kappa shape index (κ3) is 2.30. The molecule has 0 bridgehead atoms. The van der Waals surface area contributed by atoms with E-state index in [2.05, 4.69) is 10.5 Å². The molecule has 0 aromatic heterocycles. The topological polar surface area (TPSA) is 74.3 Å². The van der Waals surface area contributed by atoms with Gasteiger partial charge in [0.25, 0.3) is 0 Å². The second-order valence-corrected chi connectivity index (χ2v) is 2.58. The molecule has 4 N–H and O–H groups in total. The number of hydrazone groups is 1. The van der Waals surface area contributed by atoms with Crippen LogP contribution in [0.15, 0.2) is 23.3 Å². The first-order chi connectivity index (χ1) is 6.25. The summed E-state index contributed by atoms with van der Waals surface area (Å²) in [6.07, 6.45) is 2.47. The molecule has 68 valence electrons. The maximum Gasteiger partial charge on any atom is 0.0648 e. The SMILES string of the molecule is Cc1c(N)cccc1NN=CC=N. The van der Waals surface area contributed by atoms with Gasteiger partial charge >= 0.3 is 0 Å². The van der Waals surface area contributed by atoms with Gasteiger partial charge in [-0.05, 0) is 24.6 Å². The molecule has 1 aromatic carbocycles. The van der Waals surface area contributed by atoms with E-state index in [0.29, 0.717) is 0 Å². The van der Waals surface area contributed by atoms with Crippen molar-refractivity contribution in [2.45, 2.75) is 6.92 Å². The van der Waals surface area contributed by atoms with Gasteiger partial charge in [0.05, 0.1) is 11.9 Å². The van der Waals surface area contributed by atoms with Gasteiger partial charge in [0.2, 0.25) is 0 Å². The van der Waals surface area contributed by atoms with Crippen LogP contribution in [0.3, 0.4) is 0 Å². The van der Waals surface area contributed by atoms with E-state index in [4.69, 9.17) is 11.1 Å². The van der Waals surface area contributed by atoms with Gasteiger partial charge in [-0.2, -0.15) is 5.10 Å². The van der Waals surface area contributed by atoms with Crippen LogP contribution >= 0.6 is 0 Å². The number of benzene rings is 1. The maximum absolute atomic E-state index is 6.73. The van der Waals surface area contributed by atoms with Gasteiger partial charge in [-0.1, -0.05) is 6.07 Å². The summed E-state index contributed by atoms with van der Waals surface area (Å²) < 4.78 is 0. The molecule has 4 heteroatoms. The molecule has 0 spiro atoms. The first-order valence-electron chi connectivity index (χ1n) is 3.89. The summed E-state index contributed by atoms with van der Waals surface area (Å²) in [6, 6.07) is 5.57. The summed E-state index contributed by atoms with van der Waals surface area (Å²) in [6.45, 7) is 1.91. The third-order valence-corrected chi connectivity index (χ3v) is 1.71. The van der Waals surface area contributed by atoms with Crippen molar-refractivity contribution < 1.29 is 0 Å². The summed E-state index contributed by atoms with van der Waals surface area (Å²) in [5.41, 5.74) is 11.0. The van der Waals surface area contributed by atoms with Crippen LogP contribution < -0.4 is 11.2 Å². The zero-order chi connectivity index (χ0) is 9.68. The molecular weight excluding hydrogens is 164 g/mol.